The number of carbonyl (C=O) groups excluding carboxylic acids is 1. The van der Waals surface area contributed by atoms with E-state index in [1.165, 1.54) is 17.0 Å². The lowest BCUT2D eigenvalue weighted by Crippen LogP contribution is -2.37. The summed E-state index contributed by atoms with van der Waals surface area (Å²) in [7, 11) is 0. The molecule has 4 rings (SSSR count). The molecule has 0 saturated heterocycles. The quantitative estimate of drug-likeness (QED) is 0.600. The van der Waals surface area contributed by atoms with Crippen LogP contribution in [0, 0.1) is 5.82 Å². The van der Waals surface area contributed by atoms with Gasteiger partial charge in [-0.3, -0.25) is 10.00 Å². The van der Waals surface area contributed by atoms with Crippen molar-refractivity contribution in [1.29, 1.82) is 0 Å². The summed E-state index contributed by atoms with van der Waals surface area (Å²) in [5.41, 5.74) is 2.70. The number of carboxylic acid groups (broad SMARTS) is 1. The number of aromatic nitrogens is 3. The molecule has 2 amide bonds. The number of anilines is 1. The largest absolute Gasteiger partial charge is 0.465 e. The van der Waals surface area contributed by atoms with Crippen LogP contribution in [0.1, 0.15) is 26.5 Å². The lowest BCUT2D eigenvalue weighted by molar-refractivity contribution is 0.0635. The number of halogens is 1. The minimum atomic E-state index is -1.02. The normalized spacial score (nSPS) is 13.4. The van der Waals surface area contributed by atoms with Gasteiger partial charge in [0.2, 0.25) is 0 Å². The molecule has 0 bridgehead atoms. The molecular weight excluding hydrogens is 429 g/mol. The molecule has 1 aliphatic rings. The van der Waals surface area contributed by atoms with Crippen LogP contribution in [0.3, 0.4) is 0 Å². The molecule has 0 atom stereocenters. The van der Waals surface area contributed by atoms with E-state index >= 15 is 0 Å². The van der Waals surface area contributed by atoms with Crippen LogP contribution in [0.4, 0.5) is 19.8 Å². The fraction of sp³-hybridized carbons (Fsp3) is 0.304. The second-order valence-electron chi connectivity index (χ2n) is 8.66. The van der Waals surface area contributed by atoms with Crippen LogP contribution >= 0.6 is 0 Å². The Kier molecular flexibility index (Phi) is 5.75. The number of amides is 2. The fourth-order valence-corrected chi connectivity index (χ4v) is 3.66. The molecule has 10 heteroatoms. The maximum atomic E-state index is 13.5. The molecule has 3 heterocycles. The van der Waals surface area contributed by atoms with E-state index in [2.05, 4.69) is 10.3 Å². The summed E-state index contributed by atoms with van der Waals surface area (Å²) >= 11 is 0. The Labute approximate surface area is 189 Å². The van der Waals surface area contributed by atoms with Gasteiger partial charge >= 0.3 is 12.2 Å². The van der Waals surface area contributed by atoms with E-state index in [-0.39, 0.29) is 18.2 Å². The zero-order chi connectivity index (χ0) is 23.8. The van der Waals surface area contributed by atoms with Gasteiger partial charge in [-0.25, -0.2) is 19.0 Å². The first-order chi connectivity index (χ1) is 15.6. The fourth-order valence-electron chi connectivity index (χ4n) is 3.66. The number of benzene rings is 1. The lowest BCUT2D eigenvalue weighted by atomic mass is 9.98. The first-order valence-electron chi connectivity index (χ1n) is 10.4. The van der Waals surface area contributed by atoms with Crippen molar-refractivity contribution in [2.75, 3.05) is 11.9 Å². The Hall–Kier alpha value is -3.95. The molecule has 0 aliphatic carbocycles. The molecule has 172 valence electrons. The molecule has 0 spiro atoms. The van der Waals surface area contributed by atoms with Crippen molar-refractivity contribution in [2.24, 2.45) is 0 Å². The first kappa shape index (κ1) is 22.3. The molecule has 0 saturated carbocycles. The van der Waals surface area contributed by atoms with Gasteiger partial charge in [0.05, 0.1) is 18.8 Å². The summed E-state index contributed by atoms with van der Waals surface area (Å²) in [6.45, 7) is 6.14. The third-order valence-electron chi connectivity index (χ3n) is 5.05. The zero-order valence-electron chi connectivity index (χ0n) is 18.5. The van der Waals surface area contributed by atoms with Crippen molar-refractivity contribution in [1.82, 2.24) is 19.7 Å². The highest BCUT2D eigenvalue weighted by Gasteiger charge is 2.28. The summed E-state index contributed by atoms with van der Waals surface area (Å²) in [4.78, 5) is 29.3. The summed E-state index contributed by atoms with van der Waals surface area (Å²) in [5, 5.41) is 16.8. The molecule has 33 heavy (non-hydrogen) atoms. The Balaban J connectivity index is 1.78. The Morgan fingerprint density at radius 1 is 1.12 bits per heavy atom. The van der Waals surface area contributed by atoms with E-state index in [1.54, 1.807) is 55.9 Å². The van der Waals surface area contributed by atoms with Crippen LogP contribution in [-0.2, 0) is 17.8 Å². The smallest absolute Gasteiger partial charge is 0.413 e. The second-order valence-corrected chi connectivity index (χ2v) is 8.66. The van der Waals surface area contributed by atoms with Crippen LogP contribution < -0.4 is 5.32 Å². The van der Waals surface area contributed by atoms with Crippen LogP contribution in [-0.4, -0.2) is 49.1 Å². The van der Waals surface area contributed by atoms with Crippen molar-refractivity contribution >= 4 is 18.0 Å². The van der Waals surface area contributed by atoms with E-state index in [9.17, 15) is 19.1 Å². The third kappa shape index (κ3) is 4.94. The molecule has 3 aromatic rings. The predicted molar refractivity (Wildman–Crippen MR) is 119 cm³/mol. The molecule has 0 unspecified atom stereocenters. The third-order valence-corrected chi connectivity index (χ3v) is 5.05. The number of fused-ring (bicyclic) bond motifs is 1. The van der Waals surface area contributed by atoms with Crippen molar-refractivity contribution in [3.8, 4) is 22.4 Å². The van der Waals surface area contributed by atoms with E-state index in [0.717, 1.165) is 0 Å². The second kappa shape index (κ2) is 8.53. The highest BCUT2D eigenvalue weighted by atomic mass is 19.1. The van der Waals surface area contributed by atoms with Crippen molar-refractivity contribution < 1.29 is 23.8 Å². The summed E-state index contributed by atoms with van der Waals surface area (Å²) in [6.07, 6.45) is -0.114. The molecule has 1 aromatic carbocycles. The van der Waals surface area contributed by atoms with Gasteiger partial charge in [0.15, 0.2) is 0 Å². The predicted octanol–water partition coefficient (Wildman–Crippen LogP) is 4.59. The Morgan fingerprint density at radius 2 is 1.85 bits per heavy atom. The minimum absolute atomic E-state index is 0.149. The topological polar surface area (TPSA) is 110 Å². The van der Waals surface area contributed by atoms with Crippen LogP contribution in [0.25, 0.3) is 22.4 Å². The van der Waals surface area contributed by atoms with Gasteiger partial charge in [-0.1, -0.05) is 0 Å². The lowest BCUT2D eigenvalue weighted by Gasteiger charge is -2.25. The number of carbonyl (C=O) groups is 2. The molecule has 0 radical (unpaired) electrons. The minimum Gasteiger partial charge on any atom is -0.465 e. The molecule has 1 aliphatic heterocycles. The van der Waals surface area contributed by atoms with E-state index < -0.39 is 17.8 Å². The Bertz CT molecular complexity index is 1200. The Morgan fingerprint density at radius 3 is 2.52 bits per heavy atom. The zero-order valence-corrected chi connectivity index (χ0v) is 18.5. The molecule has 9 nitrogen and oxygen atoms in total. The summed E-state index contributed by atoms with van der Waals surface area (Å²) in [5.74, 6) is -0.0910. The van der Waals surface area contributed by atoms with E-state index in [0.29, 0.717) is 41.2 Å². The summed E-state index contributed by atoms with van der Waals surface area (Å²) in [6, 6.07) is 9.39. The standard InChI is InChI=1S/C23H24FN5O4/c1-23(2,3)33-21(30)26-18-12-15(8-9-25-18)19-17-13-28(22(31)32)10-11-29(17)27-20(19)14-4-6-16(24)7-5-14/h4-9,12H,10-11,13H2,1-3H3,(H,31,32)(H,25,26,30). The number of hydrogen-bond donors (Lipinski definition) is 2. The number of nitrogens with zero attached hydrogens (tertiary/aromatic N) is 4. The number of ether oxygens (including phenoxy) is 1. The average molecular weight is 453 g/mol. The molecular formula is C23H24FN5O4. The number of hydrogen-bond acceptors (Lipinski definition) is 5. The maximum absolute atomic E-state index is 13.5. The van der Waals surface area contributed by atoms with Gasteiger partial charge in [0.1, 0.15) is 22.9 Å². The van der Waals surface area contributed by atoms with E-state index in [4.69, 9.17) is 9.84 Å². The van der Waals surface area contributed by atoms with Gasteiger partial charge < -0.3 is 14.7 Å². The molecule has 2 N–H and O–H groups in total. The number of pyridine rings is 1. The van der Waals surface area contributed by atoms with Crippen molar-refractivity contribution in [3.05, 3.63) is 54.1 Å². The van der Waals surface area contributed by atoms with Gasteiger partial charge in [-0.15, -0.1) is 0 Å². The number of nitrogens with one attached hydrogen (secondary N) is 1. The average Bonchev–Trinajstić information content (AvgIpc) is 3.11. The molecule has 0 fully saturated rings. The van der Waals surface area contributed by atoms with Gasteiger partial charge in [0, 0.05) is 23.9 Å². The van der Waals surface area contributed by atoms with Gasteiger partial charge in [-0.2, -0.15) is 5.10 Å². The number of rotatable bonds is 3. The van der Waals surface area contributed by atoms with E-state index in [1.807, 2.05) is 0 Å². The van der Waals surface area contributed by atoms with Crippen LogP contribution in [0.15, 0.2) is 42.6 Å². The first-order valence-corrected chi connectivity index (χ1v) is 10.4. The maximum Gasteiger partial charge on any atom is 0.413 e. The monoisotopic (exact) mass is 453 g/mol. The van der Waals surface area contributed by atoms with Crippen LogP contribution in [0.2, 0.25) is 0 Å². The SMILES string of the molecule is CC(C)(C)OC(=O)Nc1cc(-c2c(-c3ccc(F)cc3)nn3c2CN(C(=O)O)CC3)ccn1. The highest BCUT2D eigenvalue weighted by Crippen LogP contribution is 2.37. The van der Waals surface area contributed by atoms with Crippen molar-refractivity contribution in [3.63, 3.8) is 0 Å². The van der Waals surface area contributed by atoms with Crippen molar-refractivity contribution in [2.45, 2.75) is 39.5 Å². The van der Waals surface area contributed by atoms with Crippen LogP contribution in [0.5, 0.6) is 0 Å². The van der Waals surface area contributed by atoms with Gasteiger partial charge in [-0.05, 0) is 62.7 Å². The molecule has 2 aromatic heterocycles. The summed E-state index contributed by atoms with van der Waals surface area (Å²) < 4.78 is 20.6. The highest BCUT2D eigenvalue weighted by molar-refractivity contribution is 5.87. The van der Waals surface area contributed by atoms with Gasteiger partial charge in [0.25, 0.3) is 0 Å².